The van der Waals surface area contributed by atoms with Gasteiger partial charge in [-0.1, -0.05) is 18.2 Å². The van der Waals surface area contributed by atoms with Crippen LogP contribution < -0.4 is 10.7 Å². The van der Waals surface area contributed by atoms with Crippen LogP contribution in [0.2, 0.25) is 0 Å². The third-order valence-corrected chi connectivity index (χ3v) is 2.83. The number of hydrazone groups is 1. The molecule has 0 aliphatic heterocycles. The van der Waals surface area contributed by atoms with E-state index in [1.165, 1.54) is 30.5 Å². The van der Waals surface area contributed by atoms with Crippen LogP contribution in [0, 0.1) is 10.1 Å². The van der Waals surface area contributed by atoms with Gasteiger partial charge in [0, 0.05) is 12.3 Å². The van der Waals surface area contributed by atoms with Crippen molar-refractivity contribution in [2.75, 3.05) is 6.54 Å². The smallest absolute Gasteiger partial charge is 0.278 e. The van der Waals surface area contributed by atoms with Gasteiger partial charge in [0.1, 0.15) is 5.69 Å². The van der Waals surface area contributed by atoms with Crippen molar-refractivity contribution in [3.63, 3.8) is 0 Å². The van der Waals surface area contributed by atoms with Crippen LogP contribution in [0.3, 0.4) is 0 Å². The molecule has 0 fully saturated rings. The highest BCUT2D eigenvalue weighted by Gasteiger charge is 2.10. The van der Waals surface area contributed by atoms with Crippen LogP contribution in [0.1, 0.15) is 16.1 Å². The Kier molecular flexibility index (Phi) is 5.67. The van der Waals surface area contributed by atoms with Crippen LogP contribution in [-0.4, -0.2) is 34.5 Å². The third-order valence-electron chi connectivity index (χ3n) is 2.83. The molecule has 122 valence electrons. The van der Waals surface area contributed by atoms with Crippen molar-refractivity contribution in [2.45, 2.75) is 0 Å². The van der Waals surface area contributed by atoms with Crippen molar-refractivity contribution < 1.29 is 14.5 Å². The maximum atomic E-state index is 11.7. The molecule has 0 saturated heterocycles. The van der Waals surface area contributed by atoms with E-state index in [4.69, 9.17) is 0 Å². The summed E-state index contributed by atoms with van der Waals surface area (Å²) in [7, 11) is 0. The molecule has 0 aliphatic rings. The van der Waals surface area contributed by atoms with Gasteiger partial charge in [-0.2, -0.15) is 5.10 Å². The summed E-state index contributed by atoms with van der Waals surface area (Å²) in [4.78, 5) is 37.4. The van der Waals surface area contributed by atoms with E-state index in [9.17, 15) is 19.7 Å². The van der Waals surface area contributed by atoms with Crippen molar-refractivity contribution in [3.05, 3.63) is 70.0 Å². The Balaban J connectivity index is 1.85. The Hall–Kier alpha value is -3.62. The molecule has 2 amide bonds. The van der Waals surface area contributed by atoms with E-state index in [0.717, 1.165) is 6.21 Å². The maximum absolute atomic E-state index is 11.7. The number of nitro groups is 1. The first-order valence-electron chi connectivity index (χ1n) is 6.82. The Morgan fingerprint density at radius 1 is 1.21 bits per heavy atom. The van der Waals surface area contributed by atoms with Gasteiger partial charge in [0.2, 0.25) is 0 Å². The number of pyridine rings is 1. The largest absolute Gasteiger partial charge is 0.342 e. The summed E-state index contributed by atoms with van der Waals surface area (Å²) in [6.07, 6.45) is 2.63. The second-order valence-electron chi connectivity index (χ2n) is 4.51. The molecule has 1 aromatic heterocycles. The number of benzene rings is 1. The van der Waals surface area contributed by atoms with Crippen LogP contribution in [0.25, 0.3) is 0 Å². The first-order chi connectivity index (χ1) is 11.6. The number of carbonyl (C=O) groups is 2. The average Bonchev–Trinajstić information content (AvgIpc) is 2.60. The fourth-order valence-corrected chi connectivity index (χ4v) is 1.72. The Morgan fingerprint density at radius 3 is 2.67 bits per heavy atom. The van der Waals surface area contributed by atoms with E-state index in [-0.39, 0.29) is 23.5 Å². The van der Waals surface area contributed by atoms with Gasteiger partial charge in [-0.25, -0.2) is 5.43 Å². The number of nitrogens with zero attached hydrogens (tertiary/aromatic N) is 3. The second kappa shape index (κ2) is 8.13. The summed E-state index contributed by atoms with van der Waals surface area (Å²) in [6.45, 7) is -0.302. The molecule has 0 radical (unpaired) electrons. The van der Waals surface area contributed by atoms with Gasteiger partial charge >= 0.3 is 0 Å². The lowest BCUT2D eigenvalue weighted by atomic mass is 10.2. The van der Waals surface area contributed by atoms with E-state index in [1.54, 1.807) is 18.2 Å². The van der Waals surface area contributed by atoms with Crippen molar-refractivity contribution in [3.8, 4) is 0 Å². The summed E-state index contributed by atoms with van der Waals surface area (Å²) < 4.78 is 0. The van der Waals surface area contributed by atoms with Gasteiger partial charge in [0.25, 0.3) is 17.5 Å². The highest BCUT2D eigenvalue weighted by molar-refractivity contribution is 5.95. The molecule has 0 bridgehead atoms. The van der Waals surface area contributed by atoms with Gasteiger partial charge in [0.15, 0.2) is 0 Å². The number of amides is 2. The maximum Gasteiger partial charge on any atom is 0.278 e. The molecule has 24 heavy (non-hydrogen) atoms. The zero-order valence-electron chi connectivity index (χ0n) is 12.4. The summed E-state index contributed by atoms with van der Waals surface area (Å²) in [5.41, 5.74) is 2.49. The minimum absolute atomic E-state index is 0.126. The van der Waals surface area contributed by atoms with Crippen molar-refractivity contribution in [1.82, 2.24) is 15.7 Å². The monoisotopic (exact) mass is 327 g/mol. The van der Waals surface area contributed by atoms with E-state index in [2.05, 4.69) is 20.8 Å². The molecule has 9 heteroatoms. The molecule has 0 unspecified atom stereocenters. The Morgan fingerprint density at radius 2 is 1.96 bits per heavy atom. The topological polar surface area (TPSA) is 127 Å². The van der Waals surface area contributed by atoms with E-state index in [0.29, 0.717) is 0 Å². The van der Waals surface area contributed by atoms with Crippen LogP contribution >= 0.6 is 0 Å². The van der Waals surface area contributed by atoms with Crippen molar-refractivity contribution >= 4 is 23.7 Å². The van der Waals surface area contributed by atoms with Gasteiger partial charge < -0.3 is 5.32 Å². The van der Waals surface area contributed by atoms with Gasteiger partial charge in [-0.3, -0.25) is 24.7 Å². The summed E-state index contributed by atoms with van der Waals surface area (Å²) >= 11 is 0. The standard InChI is InChI=1S/C15H13N5O4/c21-14(10-17-15(22)12-6-3-4-8-16-12)19-18-9-11-5-1-2-7-13(11)20(23)24/h1-9H,10H2,(H,17,22)(H,19,21)/b18-9+. The van der Waals surface area contributed by atoms with Gasteiger partial charge in [-0.15, -0.1) is 0 Å². The number of aromatic nitrogens is 1. The SMILES string of the molecule is O=C(CNC(=O)c1ccccn1)N/N=C/c1ccccc1[N+](=O)[O-]. The molecule has 2 rings (SSSR count). The molecule has 0 aliphatic carbocycles. The summed E-state index contributed by atoms with van der Waals surface area (Å²) in [5, 5.41) is 16.9. The fourth-order valence-electron chi connectivity index (χ4n) is 1.72. The minimum Gasteiger partial charge on any atom is -0.342 e. The molecule has 9 nitrogen and oxygen atoms in total. The lowest BCUT2D eigenvalue weighted by Gasteiger charge is -2.03. The van der Waals surface area contributed by atoms with Gasteiger partial charge in [-0.05, 0) is 18.2 Å². The number of hydrogen-bond donors (Lipinski definition) is 2. The molecule has 0 spiro atoms. The van der Waals surface area contributed by atoms with Crippen molar-refractivity contribution in [2.24, 2.45) is 5.10 Å². The quantitative estimate of drug-likeness (QED) is 0.462. The molecule has 1 aromatic carbocycles. The predicted octanol–water partition coefficient (Wildman–Crippen LogP) is 0.870. The van der Waals surface area contributed by atoms with Crippen molar-refractivity contribution in [1.29, 1.82) is 0 Å². The van der Waals surface area contributed by atoms with E-state index in [1.807, 2.05) is 0 Å². The molecule has 0 atom stereocenters. The molecule has 2 N–H and O–H groups in total. The normalized spacial score (nSPS) is 10.3. The predicted molar refractivity (Wildman–Crippen MR) is 85.4 cm³/mol. The zero-order valence-corrected chi connectivity index (χ0v) is 12.4. The highest BCUT2D eigenvalue weighted by Crippen LogP contribution is 2.14. The lowest BCUT2D eigenvalue weighted by Crippen LogP contribution is -2.35. The molecular weight excluding hydrogens is 314 g/mol. The number of rotatable bonds is 6. The molecule has 0 saturated carbocycles. The summed E-state index contributed by atoms with van der Waals surface area (Å²) in [5.74, 6) is -1.07. The Bertz CT molecular complexity index is 776. The zero-order chi connectivity index (χ0) is 17.4. The molecular formula is C15H13N5O4. The first-order valence-corrected chi connectivity index (χ1v) is 6.82. The van der Waals surface area contributed by atoms with Crippen LogP contribution in [0.15, 0.2) is 53.8 Å². The molecule has 2 aromatic rings. The summed E-state index contributed by atoms with van der Waals surface area (Å²) in [6, 6.07) is 10.8. The average molecular weight is 327 g/mol. The highest BCUT2D eigenvalue weighted by atomic mass is 16.6. The van der Waals surface area contributed by atoms with E-state index < -0.39 is 16.7 Å². The Labute approximate surface area is 136 Å². The first kappa shape index (κ1) is 16.7. The number of hydrogen-bond acceptors (Lipinski definition) is 6. The van der Waals surface area contributed by atoms with Crippen LogP contribution in [0.5, 0.6) is 0 Å². The van der Waals surface area contributed by atoms with Crippen LogP contribution in [-0.2, 0) is 4.79 Å². The number of para-hydroxylation sites is 1. The second-order valence-corrected chi connectivity index (χ2v) is 4.51. The van der Waals surface area contributed by atoms with E-state index >= 15 is 0 Å². The van der Waals surface area contributed by atoms with Gasteiger partial charge in [0.05, 0.1) is 23.2 Å². The number of carbonyl (C=O) groups excluding carboxylic acids is 2. The number of nitrogens with one attached hydrogen (secondary N) is 2. The minimum atomic E-state index is -0.575. The number of nitro benzene ring substituents is 1. The third kappa shape index (κ3) is 4.70. The fraction of sp³-hybridized carbons (Fsp3) is 0.0667. The molecule has 1 heterocycles. The van der Waals surface area contributed by atoms with Crippen LogP contribution in [0.4, 0.5) is 5.69 Å². The lowest BCUT2D eigenvalue weighted by molar-refractivity contribution is -0.385.